The quantitative estimate of drug-likeness (QED) is 0.711. The third kappa shape index (κ3) is 4.23. The van der Waals surface area contributed by atoms with Gasteiger partial charge in [-0.25, -0.2) is 4.98 Å². The van der Waals surface area contributed by atoms with Crippen LogP contribution in [0.25, 0.3) is 0 Å². The third-order valence-corrected chi connectivity index (χ3v) is 2.56. The summed E-state index contributed by atoms with van der Waals surface area (Å²) in [6.07, 6.45) is 4.21. The first kappa shape index (κ1) is 11.0. The highest BCUT2D eigenvalue weighted by Crippen LogP contribution is 2.05. The topological polar surface area (TPSA) is 68.0 Å². The summed E-state index contributed by atoms with van der Waals surface area (Å²) < 4.78 is 10.8. The van der Waals surface area contributed by atoms with E-state index in [0.29, 0.717) is 5.69 Å². The van der Waals surface area contributed by atoms with Crippen LogP contribution in [0.5, 0.6) is 0 Å². The van der Waals surface area contributed by atoms with Crippen molar-refractivity contribution >= 4 is 22.3 Å². The predicted molar refractivity (Wildman–Crippen MR) is 60.7 cm³/mol. The number of nitrogen functional groups attached to an aromatic ring is 1. The Labute approximate surface area is 86.4 Å². The molecule has 0 amide bonds. The molecule has 0 saturated heterocycles. The van der Waals surface area contributed by atoms with Crippen molar-refractivity contribution < 1.29 is 4.21 Å². The van der Waals surface area contributed by atoms with Crippen molar-refractivity contribution in [3.05, 3.63) is 18.3 Å². The maximum Gasteiger partial charge on any atom is 0.126 e. The first-order chi connectivity index (χ1) is 6.68. The molecule has 0 saturated carbocycles. The van der Waals surface area contributed by atoms with E-state index in [1.54, 1.807) is 18.5 Å². The smallest absolute Gasteiger partial charge is 0.126 e. The molecule has 0 aliphatic heterocycles. The van der Waals surface area contributed by atoms with Gasteiger partial charge in [0, 0.05) is 29.4 Å². The minimum Gasteiger partial charge on any atom is -0.397 e. The van der Waals surface area contributed by atoms with E-state index in [4.69, 9.17) is 5.73 Å². The molecule has 1 unspecified atom stereocenters. The van der Waals surface area contributed by atoms with Crippen LogP contribution in [0, 0.1) is 0 Å². The van der Waals surface area contributed by atoms with Gasteiger partial charge in [0.05, 0.1) is 11.9 Å². The lowest BCUT2D eigenvalue weighted by Gasteiger charge is -2.04. The molecule has 0 bridgehead atoms. The van der Waals surface area contributed by atoms with Gasteiger partial charge in [-0.15, -0.1) is 0 Å². The molecule has 5 heteroatoms. The molecule has 14 heavy (non-hydrogen) atoms. The molecule has 1 aromatic rings. The Kier molecular flexibility index (Phi) is 4.39. The molecule has 4 nitrogen and oxygen atoms in total. The van der Waals surface area contributed by atoms with E-state index in [1.165, 1.54) is 0 Å². The van der Waals surface area contributed by atoms with Crippen LogP contribution in [0.2, 0.25) is 0 Å². The summed E-state index contributed by atoms with van der Waals surface area (Å²) in [7, 11) is -0.708. The molecule has 78 valence electrons. The third-order valence-electron chi connectivity index (χ3n) is 1.70. The number of rotatable bonds is 5. The van der Waals surface area contributed by atoms with Crippen LogP contribution in [0.3, 0.4) is 0 Å². The van der Waals surface area contributed by atoms with Crippen molar-refractivity contribution in [3.63, 3.8) is 0 Å². The second-order valence-corrected chi connectivity index (χ2v) is 4.59. The Balaban J connectivity index is 2.25. The fourth-order valence-corrected chi connectivity index (χ4v) is 1.55. The molecule has 3 N–H and O–H groups in total. The molecular formula is C9H15N3OS. The standard InChI is InChI=1S/C9H15N3OS/c1-14(13)6-2-5-11-9-4-3-8(10)7-12-9/h3-4,7H,2,5-6,10H2,1H3,(H,11,12). The Morgan fingerprint density at radius 1 is 1.57 bits per heavy atom. The van der Waals surface area contributed by atoms with E-state index in [0.717, 1.165) is 24.5 Å². The zero-order valence-electron chi connectivity index (χ0n) is 8.19. The number of nitrogens with two attached hydrogens (primary N) is 1. The Morgan fingerprint density at radius 3 is 2.93 bits per heavy atom. The lowest BCUT2D eigenvalue weighted by Crippen LogP contribution is -2.07. The van der Waals surface area contributed by atoms with Crippen LogP contribution < -0.4 is 11.1 Å². The zero-order valence-corrected chi connectivity index (χ0v) is 9.01. The summed E-state index contributed by atoms with van der Waals surface area (Å²) in [5, 5.41) is 3.13. The number of nitrogens with one attached hydrogen (secondary N) is 1. The number of anilines is 2. The van der Waals surface area contributed by atoms with Gasteiger partial charge in [0.25, 0.3) is 0 Å². The van der Waals surface area contributed by atoms with Gasteiger partial charge in [0.2, 0.25) is 0 Å². The highest BCUT2D eigenvalue weighted by Gasteiger charge is 1.94. The molecule has 0 aromatic carbocycles. The SMILES string of the molecule is CS(=O)CCCNc1ccc(N)cn1. The normalized spacial score (nSPS) is 12.4. The van der Waals surface area contributed by atoms with E-state index in [9.17, 15) is 4.21 Å². The van der Waals surface area contributed by atoms with Crippen LogP contribution in [0.15, 0.2) is 18.3 Å². The number of nitrogens with zero attached hydrogens (tertiary/aromatic N) is 1. The summed E-state index contributed by atoms with van der Waals surface area (Å²) in [4.78, 5) is 4.08. The average molecular weight is 213 g/mol. The van der Waals surface area contributed by atoms with Crippen molar-refractivity contribution in [3.8, 4) is 0 Å². The van der Waals surface area contributed by atoms with E-state index in [2.05, 4.69) is 10.3 Å². The fraction of sp³-hybridized carbons (Fsp3) is 0.444. The maximum atomic E-state index is 10.8. The monoisotopic (exact) mass is 213 g/mol. The number of hydrogen-bond donors (Lipinski definition) is 2. The maximum absolute atomic E-state index is 10.8. The lowest BCUT2D eigenvalue weighted by atomic mass is 10.4. The first-order valence-electron chi connectivity index (χ1n) is 4.44. The molecule has 0 radical (unpaired) electrons. The van der Waals surface area contributed by atoms with Crippen molar-refractivity contribution in [2.75, 3.05) is 29.6 Å². The van der Waals surface area contributed by atoms with Crippen molar-refractivity contribution in [2.24, 2.45) is 0 Å². The largest absolute Gasteiger partial charge is 0.397 e. The van der Waals surface area contributed by atoms with E-state index in [1.807, 2.05) is 6.07 Å². The Bertz CT molecular complexity index is 299. The Morgan fingerprint density at radius 2 is 2.36 bits per heavy atom. The predicted octanol–water partition coefficient (Wildman–Crippen LogP) is 0.844. The summed E-state index contributed by atoms with van der Waals surface area (Å²) >= 11 is 0. The summed E-state index contributed by atoms with van der Waals surface area (Å²) in [6.45, 7) is 0.788. The molecule has 0 fully saturated rings. The van der Waals surface area contributed by atoms with E-state index < -0.39 is 10.8 Å². The highest BCUT2D eigenvalue weighted by atomic mass is 32.2. The molecule has 1 heterocycles. The molecule has 0 aliphatic rings. The molecule has 0 aliphatic carbocycles. The van der Waals surface area contributed by atoms with Gasteiger partial charge in [-0.3, -0.25) is 4.21 Å². The second-order valence-electron chi connectivity index (χ2n) is 3.03. The van der Waals surface area contributed by atoms with Gasteiger partial charge in [-0.1, -0.05) is 0 Å². The van der Waals surface area contributed by atoms with Gasteiger partial charge in [0.15, 0.2) is 0 Å². The van der Waals surface area contributed by atoms with Crippen molar-refractivity contribution in [1.82, 2.24) is 4.98 Å². The molecule has 0 spiro atoms. The number of aromatic nitrogens is 1. The number of pyridine rings is 1. The van der Waals surface area contributed by atoms with Crippen LogP contribution in [0.4, 0.5) is 11.5 Å². The highest BCUT2D eigenvalue weighted by molar-refractivity contribution is 7.84. The molecular weight excluding hydrogens is 198 g/mol. The van der Waals surface area contributed by atoms with Gasteiger partial charge in [-0.05, 0) is 18.6 Å². The first-order valence-corrected chi connectivity index (χ1v) is 6.16. The van der Waals surface area contributed by atoms with E-state index >= 15 is 0 Å². The molecule has 1 aromatic heterocycles. The minimum atomic E-state index is -0.708. The molecule has 1 atom stereocenters. The van der Waals surface area contributed by atoms with Crippen molar-refractivity contribution in [1.29, 1.82) is 0 Å². The van der Waals surface area contributed by atoms with E-state index in [-0.39, 0.29) is 0 Å². The second kappa shape index (κ2) is 5.59. The van der Waals surface area contributed by atoms with Crippen molar-refractivity contribution in [2.45, 2.75) is 6.42 Å². The minimum absolute atomic E-state index is 0.658. The summed E-state index contributed by atoms with van der Waals surface area (Å²) in [6, 6.07) is 3.63. The Hall–Kier alpha value is -1.10. The van der Waals surface area contributed by atoms with Gasteiger partial charge in [-0.2, -0.15) is 0 Å². The van der Waals surface area contributed by atoms with Crippen LogP contribution in [0.1, 0.15) is 6.42 Å². The van der Waals surface area contributed by atoms with Crippen LogP contribution in [-0.2, 0) is 10.8 Å². The van der Waals surface area contributed by atoms with Gasteiger partial charge in [0.1, 0.15) is 5.82 Å². The van der Waals surface area contributed by atoms with Gasteiger partial charge >= 0.3 is 0 Å². The van der Waals surface area contributed by atoms with Crippen LogP contribution in [-0.4, -0.2) is 27.7 Å². The average Bonchev–Trinajstić information content (AvgIpc) is 2.15. The van der Waals surface area contributed by atoms with Gasteiger partial charge < -0.3 is 11.1 Å². The lowest BCUT2D eigenvalue weighted by molar-refractivity contribution is 0.685. The zero-order chi connectivity index (χ0) is 10.4. The summed E-state index contributed by atoms with van der Waals surface area (Å²) in [5.41, 5.74) is 6.15. The number of hydrogen-bond acceptors (Lipinski definition) is 4. The molecule has 1 rings (SSSR count). The fourth-order valence-electron chi connectivity index (χ4n) is 1.00. The summed E-state index contributed by atoms with van der Waals surface area (Å²) in [5.74, 6) is 1.53. The van der Waals surface area contributed by atoms with Crippen LogP contribution >= 0.6 is 0 Å².